The molecule has 3 aromatic carbocycles. The number of H-pyrrole nitrogens is 1. The molecule has 32 heavy (non-hydrogen) atoms. The number of fused-ring (bicyclic) bond motifs is 1. The number of aromatic nitrogens is 2. The number of ether oxygens (including phenoxy) is 1. The molecule has 0 saturated heterocycles. The van der Waals surface area contributed by atoms with Gasteiger partial charge in [-0.3, -0.25) is 9.89 Å². The van der Waals surface area contributed by atoms with Gasteiger partial charge in [0, 0.05) is 17.2 Å². The molecule has 4 rings (SSSR count). The summed E-state index contributed by atoms with van der Waals surface area (Å²) in [6.07, 6.45) is -1.07. The molecule has 0 bridgehead atoms. The normalized spacial score (nSPS) is 12.3. The van der Waals surface area contributed by atoms with Gasteiger partial charge in [0.15, 0.2) is 11.6 Å². The fourth-order valence-corrected chi connectivity index (χ4v) is 3.39. The van der Waals surface area contributed by atoms with Gasteiger partial charge in [-0.2, -0.15) is 0 Å². The fourth-order valence-electron chi connectivity index (χ4n) is 3.39. The van der Waals surface area contributed by atoms with Crippen LogP contribution in [0.15, 0.2) is 59.4 Å². The molecule has 0 aliphatic rings. The van der Waals surface area contributed by atoms with Gasteiger partial charge in [-0.05, 0) is 29.8 Å². The van der Waals surface area contributed by atoms with E-state index in [1.165, 1.54) is 16.8 Å². The molecule has 6 nitrogen and oxygen atoms in total. The average molecular weight is 444 g/mol. The second-order valence-corrected chi connectivity index (χ2v) is 7.26. The molecule has 1 atom stereocenters. The summed E-state index contributed by atoms with van der Waals surface area (Å²) in [5, 5.41) is 22.0. The van der Waals surface area contributed by atoms with Crippen LogP contribution >= 0.6 is 0 Å². The van der Waals surface area contributed by atoms with Gasteiger partial charge in [0.2, 0.25) is 0 Å². The van der Waals surface area contributed by atoms with Crippen LogP contribution in [0.5, 0.6) is 5.75 Å². The number of nitrogens with zero attached hydrogens (tertiary/aromatic N) is 1. The van der Waals surface area contributed by atoms with Crippen molar-refractivity contribution in [3.63, 3.8) is 0 Å². The highest BCUT2D eigenvalue weighted by Crippen LogP contribution is 2.27. The highest BCUT2D eigenvalue weighted by Gasteiger charge is 2.14. The first-order valence-electron chi connectivity index (χ1n) is 9.74. The topological polar surface area (TPSA) is 87.5 Å². The number of hydrogen-bond donors (Lipinski definition) is 3. The minimum Gasteiger partial charge on any atom is -0.489 e. The predicted octanol–water partition coefficient (Wildman–Crippen LogP) is 3.35. The van der Waals surface area contributed by atoms with Crippen molar-refractivity contribution in [1.82, 2.24) is 9.78 Å². The molecule has 0 amide bonds. The van der Waals surface area contributed by atoms with E-state index >= 15 is 0 Å². The van der Waals surface area contributed by atoms with E-state index in [9.17, 15) is 23.1 Å². The van der Waals surface area contributed by atoms with Crippen LogP contribution in [0.2, 0.25) is 0 Å². The van der Waals surface area contributed by atoms with E-state index in [-0.39, 0.29) is 24.3 Å². The Kier molecular flexibility index (Phi) is 6.02. The summed E-state index contributed by atoms with van der Waals surface area (Å²) >= 11 is 0. The summed E-state index contributed by atoms with van der Waals surface area (Å²) in [5.41, 5.74) is 1.20. The number of halogens is 3. The van der Waals surface area contributed by atoms with E-state index < -0.39 is 30.2 Å². The lowest BCUT2D eigenvalue weighted by molar-refractivity contribution is 0.0776. The number of aliphatic hydroxyl groups is 2. The fraction of sp³-hybridized carbons (Fsp3) is 0.174. The third kappa shape index (κ3) is 4.25. The van der Waals surface area contributed by atoms with Crippen molar-refractivity contribution in [3.05, 3.63) is 88.0 Å². The third-order valence-corrected chi connectivity index (χ3v) is 5.05. The van der Waals surface area contributed by atoms with Gasteiger partial charge in [-0.15, -0.1) is 0 Å². The van der Waals surface area contributed by atoms with Crippen molar-refractivity contribution >= 4 is 10.9 Å². The molecule has 3 N–H and O–H groups in total. The first kappa shape index (κ1) is 21.7. The summed E-state index contributed by atoms with van der Waals surface area (Å²) in [6.45, 7) is -0.437. The molecule has 0 saturated carbocycles. The number of aliphatic hydroxyl groups excluding tert-OH is 2. The van der Waals surface area contributed by atoms with Crippen LogP contribution in [-0.4, -0.2) is 32.7 Å². The monoisotopic (exact) mass is 444 g/mol. The van der Waals surface area contributed by atoms with Crippen molar-refractivity contribution in [2.45, 2.75) is 19.3 Å². The predicted molar refractivity (Wildman–Crippen MR) is 112 cm³/mol. The molecule has 1 aromatic heterocycles. The zero-order chi connectivity index (χ0) is 22.8. The lowest BCUT2D eigenvalue weighted by Crippen LogP contribution is -2.27. The number of aromatic amines is 1. The SMILES string of the molecule is O=c1c2cccc(COc3ccc(-c4cc(F)c(F)cc4F)cc3)c2[nH]n1C[C@@H](O)CO. The highest BCUT2D eigenvalue weighted by atomic mass is 19.2. The lowest BCUT2D eigenvalue weighted by atomic mass is 10.0. The van der Waals surface area contributed by atoms with Crippen molar-refractivity contribution < 1.29 is 28.1 Å². The van der Waals surface area contributed by atoms with Crippen LogP contribution in [0, 0.1) is 17.5 Å². The average Bonchev–Trinajstić information content (AvgIpc) is 3.11. The quantitative estimate of drug-likeness (QED) is 0.382. The first-order chi connectivity index (χ1) is 15.4. The highest BCUT2D eigenvalue weighted by molar-refractivity contribution is 5.81. The summed E-state index contributed by atoms with van der Waals surface area (Å²) < 4.78 is 47.6. The van der Waals surface area contributed by atoms with Crippen molar-refractivity contribution in [2.75, 3.05) is 6.61 Å². The zero-order valence-electron chi connectivity index (χ0n) is 16.7. The molecule has 1 heterocycles. The molecule has 4 aromatic rings. The molecule has 0 spiro atoms. The van der Waals surface area contributed by atoms with E-state index in [2.05, 4.69) is 5.10 Å². The molecule has 166 valence electrons. The van der Waals surface area contributed by atoms with Gasteiger partial charge < -0.3 is 14.9 Å². The standard InChI is InChI=1S/C23H19F3N2O4/c24-19-9-21(26)20(25)8-18(19)13-4-6-16(7-5-13)32-12-14-2-1-3-17-22(14)27-28(23(17)31)10-15(30)11-29/h1-9,15,27,29-30H,10-12H2/t15-/m1/s1. The van der Waals surface area contributed by atoms with Crippen LogP contribution in [0.3, 0.4) is 0 Å². The Morgan fingerprint density at radius 2 is 1.72 bits per heavy atom. The Bertz CT molecular complexity index is 1320. The van der Waals surface area contributed by atoms with E-state index in [1.54, 1.807) is 30.3 Å². The van der Waals surface area contributed by atoms with E-state index in [0.29, 0.717) is 33.8 Å². The van der Waals surface area contributed by atoms with Gasteiger partial charge >= 0.3 is 0 Å². The van der Waals surface area contributed by atoms with Gasteiger partial charge in [0.05, 0.1) is 30.2 Å². The summed E-state index contributed by atoms with van der Waals surface area (Å²) in [6, 6.07) is 12.6. The van der Waals surface area contributed by atoms with Crippen molar-refractivity contribution in [1.29, 1.82) is 0 Å². The maximum absolute atomic E-state index is 14.0. The number of hydrogen-bond acceptors (Lipinski definition) is 4. The number of para-hydroxylation sites is 1. The van der Waals surface area contributed by atoms with Gasteiger partial charge in [0.1, 0.15) is 18.2 Å². The molecular formula is C23H19F3N2O4. The molecule has 9 heteroatoms. The van der Waals surface area contributed by atoms with E-state index in [4.69, 9.17) is 9.84 Å². The largest absolute Gasteiger partial charge is 0.489 e. The van der Waals surface area contributed by atoms with E-state index in [1.807, 2.05) is 0 Å². The van der Waals surface area contributed by atoms with Crippen LogP contribution in [0.4, 0.5) is 13.2 Å². The molecule has 0 fully saturated rings. The van der Waals surface area contributed by atoms with Gasteiger partial charge in [-0.25, -0.2) is 17.9 Å². The number of benzene rings is 3. The van der Waals surface area contributed by atoms with Crippen molar-refractivity contribution in [2.24, 2.45) is 0 Å². The minimum atomic E-state index is -1.25. The Balaban J connectivity index is 1.53. The second-order valence-electron chi connectivity index (χ2n) is 7.26. The van der Waals surface area contributed by atoms with Crippen LogP contribution in [0.1, 0.15) is 5.56 Å². The smallest absolute Gasteiger partial charge is 0.274 e. The van der Waals surface area contributed by atoms with Crippen LogP contribution < -0.4 is 10.3 Å². The molecule has 0 aliphatic heterocycles. The maximum Gasteiger partial charge on any atom is 0.274 e. The van der Waals surface area contributed by atoms with Gasteiger partial charge in [-0.1, -0.05) is 24.3 Å². The minimum absolute atomic E-state index is 0.0656. The van der Waals surface area contributed by atoms with E-state index in [0.717, 1.165) is 6.07 Å². The molecule has 0 aliphatic carbocycles. The lowest BCUT2D eigenvalue weighted by Gasteiger charge is -2.09. The first-order valence-corrected chi connectivity index (χ1v) is 9.74. The molecule has 0 unspecified atom stereocenters. The third-order valence-electron chi connectivity index (χ3n) is 5.05. The maximum atomic E-state index is 14.0. The Morgan fingerprint density at radius 3 is 2.44 bits per heavy atom. The molecule has 0 radical (unpaired) electrons. The summed E-state index contributed by atoms with van der Waals surface area (Å²) in [4.78, 5) is 12.5. The Morgan fingerprint density at radius 1 is 1.00 bits per heavy atom. The number of rotatable bonds is 7. The Labute approximate surface area is 180 Å². The molecular weight excluding hydrogens is 425 g/mol. The van der Waals surface area contributed by atoms with Crippen LogP contribution in [-0.2, 0) is 13.2 Å². The number of nitrogens with one attached hydrogen (secondary N) is 1. The van der Waals surface area contributed by atoms with Crippen LogP contribution in [0.25, 0.3) is 22.0 Å². The summed E-state index contributed by atoms with van der Waals surface area (Å²) in [5.74, 6) is -2.81. The van der Waals surface area contributed by atoms with Crippen molar-refractivity contribution in [3.8, 4) is 16.9 Å². The zero-order valence-corrected chi connectivity index (χ0v) is 16.7. The Hall–Kier alpha value is -3.56. The van der Waals surface area contributed by atoms with Gasteiger partial charge in [0.25, 0.3) is 5.56 Å². The second kappa shape index (κ2) is 8.89. The summed E-state index contributed by atoms with van der Waals surface area (Å²) in [7, 11) is 0.